The first-order valence-corrected chi connectivity index (χ1v) is 5.15. The quantitative estimate of drug-likeness (QED) is 0.646. The van der Waals surface area contributed by atoms with Gasteiger partial charge in [0.05, 0.1) is 0 Å². The Bertz CT molecular complexity index is 156. The predicted octanol–water partition coefficient (Wildman–Crippen LogP) is 1.00. The van der Waals surface area contributed by atoms with Crippen molar-refractivity contribution in [2.24, 2.45) is 17.8 Å². The summed E-state index contributed by atoms with van der Waals surface area (Å²) in [5.74, 6) is 2.35. The Labute approximate surface area is 74.4 Å². The van der Waals surface area contributed by atoms with E-state index in [0.717, 1.165) is 11.8 Å². The Morgan fingerprint density at radius 1 is 1.33 bits per heavy atom. The zero-order chi connectivity index (χ0) is 8.55. The molecule has 0 bridgehead atoms. The summed E-state index contributed by atoms with van der Waals surface area (Å²) in [6.45, 7) is 3.73. The lowest BCUT2D eigenvalue weighted by atomic mass is 9.83. The highest BCUT2D eigenvalue weighted by Crippen LogP contribution is 2.41. The third-order valence-corrected chi connectivity index (χ3v) is 3.54. The molecule has 12 heavy (non-hydrogen) atoms. The molecule has 2 fully saturated rings. The largest absolute Gasteiger partial charge is 0.396 e. The summed E-state index contributed by atoms with van der Waals surface area (Å²) >= 11 is 0. The SMILES string of the molecule is CC1NCC(C2CC2)CC1CO. The lowest BCUT2D eigenvalue weighted by Crippen LogP contribution is -2.45. The first-order valence-electron chi connectivity index (χ1n) is 5.15. The number of rotatable bonds is 2. The topological polar surface area (TPSA) is 32.3 Å². The fraction of sp³-hybridized carbons (Fsp3) is 1.00. The average Bonchev–Trinajstić information content (AvgIpc) is 2.88. The van der Waals surface area contributed by atoms with Gasteiger partial charge in [0.2, 0.25) is 0 Å². The van der Waals surface area contributed by atoms with Crippen molar-refractivity contribution < 1.29 is 5.11 Å². The van der Waals surface area contributed by atoms with E-state index in [1.165, 1.54) is 25.8 Å². The molecule has 2 aliphatic rings. The predicted molar refractivity (Wildman–Crippen MR) is 48.9 cm³/mol. The molecule has 0 radical (unpaired) electrons. The van der Waals surface area contributed by atoms with E-state index in [1.807, 2.05) is 0 Å². The van der Waals surface area contributed by atoms with Gasteiger partial charge in [-0.1, -0.05) is 0 Å². The maximum atomic E-state index is 9.14. The van der Waals surface area contributed by atoms with E-state index in [0.29, 0.717) is 18.6 Å². The van der Waals surface area contributed by atoms with Crippen molar-refractivity contribution in [2.75, 3.05) is 13.2 Å². The molecule has 2 nitrogen and oxygen atoms in total. The van der Waals surface area contributed by atoms with Gasteiger partial charge in [-0.05, 0) is 50.5 Å². The fourth-order valence-electron chi connectivity index (χ4n) is 2.34. The van der Waals surface area contributed by atoms with Crippen LogP contribution in [-0.2, 0) is 0 Å². The molecule has 1 saturated heterocycles. The van der Waals surface area contributed by atoms with Crippen molar-refractivity contribution in [3.63, 3.8) is 0 Å². The van der Waals surface area contributed by atoms with Crippen LogP contribution in [0.15, 0.2) is 0 Å². The maximum Gasteiger partial charge on any atom is 0.0474 e. The summed E-state index contributed by atoms with van der Waals surface area (Å²) in [4.78, 5) is 0. The van der Waals surface area contributed by atoms with Crippen molar-refractivity contribution in [2.45, 2.75) is 32.2 Å². The van der Waals surface area contributed by atoms with Gasteiger partial charge in [0.1, 0.15) is 0 Å². The van der Waals surface area contributed by atoms with Crippen molar-refractivity contribution in [1.82, 2.24) is 5.32 Å². The van der Waals surface area contributed by atoms with E-state index in [2.05, 4.69) is 12.2 Å². The second-order valence-corrected chi connectivity index (χ2v) is 4.47. The summed E-state index contributed by atoms with van der Waals surface area (Å²) in [6.07, 6.45) is 4.10. The van der Waals surface area contributed by atoms with Crippen LogP contribution >= 0.6 is 0 Å². The molecular weight excluding hydrogens is 150 g/mol. The molecule has 0 aromatic carbocycles. The van der Waals surface area contributed by atoms with Gasteiger partial charge in [0.15, 0.2) is 0 Å². The minimum absolute atomic E-state index is 0.359. The van der Waals surface area contributed by atoms with Gasteiger partial charge in [0, 0.05) is 12.6 Å². The average molecular weight is 169 g/mol. The first-order chi connectivity index (χ1) is 5.81. The highest BCUT2D eigenvalue weighted by Gasteiger charge is 2.36. The van der Waals surface area contributed by atoms with Gasteiger partial charge < -0.3 is 10.4 Å². The normalized spacial score (nSPS) is 43.0. The summed E-state index contributed by atoms with van der Waals surface area (Å²) in [6, 6.07) is 0.519. The van der Waals surface area contributed by atoms with Crippen molar-refractivity contribution >= 4 is 0 Å². The second-order valence-electron chi connectivity index (χ2n) is 4.47. The molecular formula is C10H19NO. The van der Waals surface area contributed by atoms with E-state index >= 15 is 0 Å². The molecule has 1 aliphatic carbocycles. The van der Waals surface area contributed by atoms with Crippen LogP contribution in [0.25, 0.3) is 0 Å². The summed E-state index contributed by atoms with van der Waals surface area (Å²) < 4.78 is 0. The van der Waals surface area contributed by atoms with Crippen LogP contribution < -0.4 is 5.32 Å². The minimum atomic E-state index is 0.359. The van der Waals surface area contributed by atoms with Gasteiger partial charge >= 0.3 is 0 Å². The highest BCUT2D eigenvalue weighted by molar-refractivity contribution is 4.90. The Balaban J connectivity index is 1.87. The van der Waals surface area contributed by atoms with Crippen LogP contribution in [0.5, 0.6) is 0 Å². The number of aliphatic hydroxyl groups excluding tert-OH is 1. The third kappa shape index (κ3) is 1.64. The Hall–Kier alpha value is -0.0800. The summed E-state index contributed by atoms with van der Waals surface area (Å²) in [7, 11) is 0. The fourth-order valence-corrected chi connectivity index (χ4v) is 2.34. The van der Waals surface area contributed by atoms with Gasteiger partial charge in [-0.3, -0.25) is 0 Å². The molecule has 1 aliphatic heterocycles. The molecule has 0 spiro atoms. The Morgan fingerprint density at radius 3 is 2.67 bits per heavy atom. The van der Waals surface area contributed by atoms with Crippen LogP contribution in [0, 0.1) is 17.8 Å². The molecule has 1 saturated carbocycles. The molecule has 2 N–H and O–H groups in total. The molecule has 2 rings (SSSR count). The Kier molecular flexibility index (Phi) is 2.37. The minimum Gasteiger partial charge on any atom is -0.396 e. The smallest absolute Gasteiger partial charge is 0.0474 e. The summed E-state index contributed by atoms with van der Waals surface area (Å²) in [5, 5.41) is 12.6. The van der Waals surface area contributed by atoms with Gasteiger partial charge in [-0.2, -0.15) is 0 Å². The number of piperidine rings is 1. The molecule has 3 unspecified atom stereocenters. The zero-order valence-corrected chi connectivity index (χ0v) is 7.79. The Morgan fingerprint density at radius 2 is 2.08 bits per heavy atom. The number of hydrogen-bond donors (Lipinski definition) is 2. The van der Waals surface area contributed by atoms with E-state index in [9.17, 15) is 0 Å². The van der Waals surface area contributed by atoms with Crippen LogP contribution in [0.2, 0.25) is 0 Å². The molecule has 2 heteroatoms. The molecule has 0 aromatic rings. The zero-order valence-electron chi connectivity index (χ0n) is 7.79. The molecule has 70 valence electrons. The third-order valence-electron chi connectivity index (χ3n) is 3.54. The van der Waals surface area contributed by atoms with E-state index in [1.54, 1.807) is 0 Å². The highest BCUT2D eigenvalue weighted by atomic mass is 16.3. The van der Waals surface area contributed by atoms with Crippen LogP contribution in [0.1, 0.15) is 26.2 Å². The lowest BCUT2D eigenvalue weighted by Gasteiger charge is -2.34. The lowest BCUT2D eigenvalue weighted by molar-refractivity contribution is 0.131. The van der Waals surface area contributed by atoms with Crippen LogP contribution in [-0.4, -0.2) is 24.3 Å². The number of nitrogens with one attached hydrogen (secondary N) is 1. The standard InChI is InChI=1S/C10H19NO/c1-7-10(6-12)4-9(5-11-7)8-2-3-8/h7-12H,2-6H2,1H3. The van der Waals surface area contributed by atoms with E-state index < -0.39 is 0 Å². The number of hydrogen-bond acceptors (Lipinski definition) is 2. The molecule has 1 heterocycles. The number of aliphatic hydroxyl groups is 1. The van der Waals surface area contributed by atoms with Gasteiger partial charge in [-0.25, -0.2) is 0 Å². The van der Waals surface area contributed by atoms with Crippen molar-refractivity contribution in [1.29, 1.82) is 0 Å². The maximum absolute atomic E-state index is 9.14. The monoisotopic (exact) mass is 169 g/mol. The van der Waals surface area contributed by atoms with Crippen molar-refractivity contribution in [3.05, 3.63) is 0 Å². The van der Waals surface area contributed by atoms with Crippen molar-refractivity contribution in [3.8, 4) is 0 Å². The molecule has 0 amide bonds. The second kappa shape index (κ2) is 3.35. The first kappa shape index (κ1) is 8.52. The molecule has 3 atom stereocenters. The van der Waals surface area contributed by atoms with E-state index in [-0.39, 0.29) is 0 Å². The summed E-state index contributed by atoms with van der Waals surface area (Å²) in [5.41, 5.74) is 0. The van der Waals surface area contributed by atoms with Crippen LogP contribution in [0.3, 0.4) is 0 Å². The van der Waals surface area contributed by atoms with Gasteiger partial charge in [-0.15, -0.1) is 0 Å². The van der Waals surface area contributed by atoms with Crippen LogP contribution in [0.4, 0.5) is 0 Å². The molecule has 0 aromatic heterocycles. The van der Waals surface area contributed by atoms with E-state index in [4.69, 9.17) is 5.11 Å². The van der Waals surface area contributed by atoms with Gasteiger partial charge in [0.25, 0.3) is 0 Å².